The molecular weight excluding hydrogens is 288 g/mol. The zero-order valence-corrected chi connectivity index (χ0v) is 12.9. The van der Waals surface area contributed by atoms with Crippen LogP contribution in [0.4, 0.5) is 5.69 Å². The molecule has 1 aliphatic heterocycles. The van der Waals surface area contributed by atoms with Gasteiger partial charge in [0, 0.05) is 29.3 Å². The Hall–Kier alpha value is -0.800. The lowest BCUT2D eigenvalue weighted by Crippen LogP contribution is -2.31. The number of halogens is 1. The normalized spacial score (nSPS) is 17.6. The molecule has 98 valence electrons. The van der Waals surface area contributed by atoms with Gasteiger partial charge >= 0.3 is 0 Å². The predicted molar refractivity (Wildman–Crippen MR) is 82.2 cm³/mol. The highest BCUT2D eigenvalue weighted by Crippen LogP contribution is 2.31. The summed E-state index contributed by atoms with van der Waals surface area (Å²) in [4.78, 5) is 2.48. The van der Waals surface area contributed by atoms with E-state index in [0.717, 1.165) is 24.0 Å². The first kappa shape index (κ1) is 13.6. The fourth-order valence-electron chi connectivity index (χ4n) is 2.43. The maximum absolute atomic E-state index is 3.59. The fraction of sp³-hybridized carbons (Fsp3) is 0.467. The number of nitrogens with one attached hydrogen (secondary N) is 1. The molecule has 1 aromatic rings. The summed E-state index contributed by atoms with van der Waals surface area (Å²) in [5, 5.41) is 3.33. The van der Waals surface area contributed by atoms with Crippen LogP contribution < -0.4 is 10.2 Å². The Labute approximate surface area is 118 Å². The van der Waals surface area contributed by atoms with Gasteiger partial charge in [-0.3, -0.25) is 0 Å². The number of benzene rings is 1. The topological polar surface area (TPSA) is 15.3 Å². The van der Waals surface area contributed by atoms with Gasteiger partial charge in [0.2, 0.25) is 0 Å². The monoisotopic (exact) mass is 308 g/mol. The SMILES string of the molecule is CNC(C)c1ccc(Br)cc1N1CCC=C(C)C1. The van der Waals surface area contributed by atoms with Crippen molar-refractivity contribution in [2.24, 2.45) is 0 Å². The van der Waals surface area contributed by atoms with E-state index in [0.29, 0.717) is 6.04 Å². The van der Waals surface area contributed by atoms with E-state index in [9.17, 15) is 0 Å². The fourth-order valence-corrected chi connectivity index (χ4v) is 2.78. The van der Waals surface area contributed by atoms with E-state index in [2.05, 4.69) is 64.3 Å². The van der Waals surface area contributed by atoms with E-state index in [4.69, 9.17) is 0 Å². The highest BCUT2D eigenvalue weighted by molar-refractivity contribution is 9.10. The van der Waals surface area contributed by atoms with Crippen LogP contribution in [0.1, 0.15) is 31.9 Å². The lowest BCUT2D eigenvalue weighted by molar-refractivity contribution is 0.646. The van der Waals surface area contributed by atoms with Gasteiger partial charge in [0.1, 0.15) is 0 Å². The maximum Gasteiger partial charge on any atom is 0.0428 e. The number of anilines is 1. The summed E-state index contributed by atoms with van der Waals surface area (Å²) in [6, 6.07) is 6.95. The number of hydrogen-bond donors (Lipinski definition) is 1. The predicted octanol–water partition coefficient (Wildman–Crippen LogP) is 3.89. The van der Waals surface area contributed by atoms with Gasteiger partial charge in [-0.1, -0.05) is 33.6 Å². The van der Waals surface area contributed by atoms with Crippen molar-refractivity contribution in [2.45, 2.75) is 26.3 Å². The molecule has 18 heavy (non-hydrogen) atoms. The molecule has 0 bridgehead atoms. The maximum atomic E-state index is 3.59. The summed E-state index contributed by atoms with van der Waals surface area (Å²) in [7, 11) is 2.01. The summed E-state index contributed by atoms with van der Waals surface area (Å²) < 4.78 is 1.15. The van der Waals surface area contributed by atoms with Crippen molar-refractivity contribution in [1.29, 1.82) is 0 Å². The second-order valence-electron chi connectivity index (χ2n) is 4.97. The molecule has 1 unspecified atom stereocenters. The number of rotatable bonds is 3. The standard InChI is InChI=1S/C15H21BrN2/c1-11-5-4-8-18(10-11)15-9-13(16)6-7-14(15)12(2)17-3/h5-7,9,12,17H,4,8,10H2,1-3H3. The van der Waals surface area contributed by atoms with E-state index >= 15 is 0 Å². The third-order valence-corrected chi connectivity index (χ3v) is 4.06. The van der Waals surface area contributed by atoms with Crippen LogP contribution in [0.15, 0.2) is 34.3 Å². The summed E-state index contributed by atoms with van der Waals surface area (Å²) in [5.41, 5.74) is 4.18. The van der Waals surface area contributed by atoms with E-state index in [1.807, 2.05) is 7.05 Å². The van der Waals surface area contributed by atoms with Crippen LogP contribution in [-0.2, 0) is 0 Å². The highest BCUT2D eigenvalue weighted by atomic mass is 79.9. The van der Waals surface area contributed by atoms with Gasteiger partial charge in [0.15, 0.2) is 0 Å². The molecule has 2 nitrogen and oxygen atoms in total. The molecule has 2 rings (SSSR count). The zero-order valence-electron chi connectivity index (χ0n) is 11.3. The Kier molecular flexibility index (Phi) is 4.46. The summed E-state index contributed by atoms with van der Waals surface area (Å²) in [6.07, 6.45) is 3.49. The molecule has 0 saturated carbocycles. The third kappa shape index (κ3) is 2.96. The largest absolute Gasteiger partial charge is 0.367 e. The molecule has 1 N–H and O–H groups in total. The lowest BCUT2D eigenvalue weighted by atomic mass is 10.0. The summed E-state index contributed by atoms with van der Waals surface area (Å²) >= 11 is 3.59. The smallest absolute Gasteiger partial charge is 0.0428 e. The molecule has 0 fully saturated rings. The van der Waals surface area contributed by atoms with Gasteiger partial charge in [-0.2, -0.15) is 0 Å². The van der Waals surface area contributed by atoms with Crippen molar-refractivity contribution in [3.8, 4) is 0 Å². The van der Waals surface area contributed by atoms with Crippen LogP contribution >= 0.6 is 15.9 Å². The van der Waals surface area contributed by atoms with Crippen molar-refractivity contribution >= 4 is 21.6 Å². The molecular formula is C15H21BrN2. The van der Waals surface area contributed by atoms with Crippen LogP contribution in [0.5, 0.6) is 0 Å². The van der Waals surface area contributed by atoms with E-state index < -0.39 is 0 Å². The van der Waals surface area contributed by atoms with Crippen LogP contribution in [0.3, 0.4) is 0 Å². The Morgan fingerprint density at radius 2 is 2.17 bits per heavy atom. The van der Waals surface area contributed by atoms with Crippen LogP contribution in [0.25, 0.3) is 0 Å². The highest BCUT2D eigenvalue weighted by Gasteiger charge is 2.17. The number of nitrogens with zero attached hydrogens (tertiary/aromatic N) is 1. The lowest BCUT2D eigenvalue weighted by Gasteiger charge is -2.31. The molecule has 0 aliphatic carbocycles. The molecule has 3 heteroatoms. The van der Waals surface area contributed by atoms with Gasteiger partial charge in [0.25, 0.3) is 0 Å². The third-order valence-electron chi connectivity index (χ3n) is 3.56. The Balaban J connectivity index is 2.35. The van der Waals surface area contributed by atoms with E-state index in [1.165, 1.54) is 16.8 Å². The minimum atomic E-state index is 0.374. The van der Waals surface area contributed by atoms with Crippen molar-refractivity contribution < 1.29 is 0 Å². The van der Waals surface area contributed by atoms with Gasteiger partial charge in [-0.15, -0.1) is 0 Å². The first-order valence-corrected chi connectivity index (χ1v) is 7.28. The number of hydrogen-bond acceptors (Lipinski definition) is 2. The minimum absolute atomic E-state index is 0.374. The molecule has 0 aromatic heterocycles. The molecule has 0 spiro atoms. The molecule has 1 heterocycles. The Morgan fingerprint density at radius 1 is 1.39 bits per heavy atom. The van der Waals surface area contributed by atoms with E-state index in [1.54, 1.807) is 0 Å². The van der Waals surface area contributed by atoms with Crippen molar-refractivity contribution in [3.63, 3.8) is 0 Å². The molecule has 0 radical (unpaired) electrons. The summed E-state index contributed by atoms with van der Waals surface area (Å²) in [6.45, 7) is 6.57. The first-order valence-electron chi connectivity index (χ1n) is 6.49. The van der Waals surface area contributed by atoms with E-state index in [-0.39, 0.29) is 0 Å². The second kappa shape index (κ2) is 5.89. The van der Waals surface area contributed by atoms with Crippen molar-refractivity contribution in [3.05, 3.63) is 39.9 Å². The zero-order chi connectivity index (χ0) is 13.1. The molecule has 0 saturated heterocycles. The van der Waals surface area contributed by atoms with Crippen LogP contribution in [-0.4, -0.2) is 20.1 Å². The quantitative estimate of drug-likeness (QED) is 0.852. The summed E-state index contributed by atoms with van der Waals surface area (Å²) in [5.74, 6) is 0. The molecule has 1 atom stereocenters. The minimum Gasteiger partial charge on any atom is -0.367 e. The average molecular weight is 309 g/mol. The second-order valence-corrected chi connectivity index (χ2v) is 5.89. The van der Waals surface area contributed by atoms with Crippen molar-refractivity contribution in [2.75, 3.05) is 25.0 Å². The molecule has 1 aromatic carbocycles. The van der Waals surface area contributed by atoms with Gasteiger partial charge in [-0.25, -0.2) is 0 Å². The Morgan fingerprint density at radius 3 is 2.83 bits per heavy atom. The van der Waals surface area contributed by atoms with Gasteiger partial charge in [0.05, 0.1) is 0 Å². The Bertz CT molecular complexity index is 454. The van der Waals surface area contributed by atoms with Gasteiger partial charge in [-0.05, 0) is 45.0 Å². The first-order chi connectivity index (χ1) is 8.61. The molecule has 0 amide bonds. The van der Waals surface area contributed by atoms with Crippen molar-refractivity contribution in [1.82, 2.24) is 5.32 Å². The van der Waals surface area contributed by atoms with Crippen LogP contribution in [0, 0.1) is 0 Å². The van der Waals surface area contributed by atoms with Gasteiger partial charge < -0.3 is 10.2 Å². The average Bonchev–Trinajstić information content (AvgIpc) is 2.38. The van der Waals surface area contributed by atoms with Crippen LogP contribution in [0.2, 0.25) is 0 Å². The molecule has 1 aliphatic rings.